The van der Waals surface area contributed by atoms with Crippen molar-refractivity contribution in [3.63, 3.8) is 0 Å². The maximum absolute atomic E-state index is 12.1. The van der Waals surface area contributed by atoms with E-state index in [0.29, 0.717) is 0 Å². The van der Waals surface area contributed by atoms with Crippen molar-refractivity contribution in [1.82, 2.24) is 0 Å². The SMILES string of the molecule is FC(F)OC(F)(C(F)F)C(F)(F)F. The fourth-order valence-corrected chi connectivity index (χ4v) is 0.372. The Balaban J connectivity index is 4.74. The zero-order valence-electron chi connectivity index (χ0n) is 5.59. The summed E-state index contributed by atoms with van der Waals surface area (Å²) in [7, 11) is 0. The second kappa shape index (κ2) is 3.64. The van der Waals surface area contributed by atoms with E-state index in [2.05, 4.69) is 4.74 Å². The molecule has 0 amide bonds. The summed E-state index contributed by atoms with van der Waals surface area (Å²) in [6.07, 6.45) is -10.9. The molecular weight excluding hydrogens is 216 g/mol. The summed E-state index contributed by atoms with van der Waals surface area (Å²) in [6.45, 7) is -4.28. The second-order valence-corrected chi connectivity index (χ2v) is 1.82. The van der Waals surface area contributed by atoms with Gasteiger partial charge in [-0.2, -0.15) is 26.3 Å². The smallest absolute Gasteiger partial charge is 0.273 e. The predicted octanol–water partition coefficient (Wildman–Crippen LogP) is 2.72. The predicted molar refractivity (Wildman–Crippen MR) is 23.0 cm³/mol. The molecule has 0 aliphatic rings. The topological polar surface area (TPSA) is 9.23 Å². The standard InChI is InChI=1S/C4H2F8O/c5-1(6)3(9,4(10,11)12)13-2(7)8/h1-2H. The number of halogens is 8. The zero-order valence-corrected chi connectivity index (χ0v) is 5.59. The van der Waals surface area contributed by atoms with E-state index in [1.807, 2.05) is 0 Å². The molecule has 0 rings (SSSR count). The van der Waals surface area contributed by atoms with Crippen molar-refractivity contribution in [3.8, 4) is 0 Å². The highest BCUT2D eigenvalue weighted by Crippen LogP contribution is 2.40. The van der Waals surface area contributed by atoms with E-state index < -0.39 is 25.1 Å². The molecule has 0 bridgehead atoms. The van der Waals surface area contributed by atoms with Crippen LogP contribution in [0.15, 0.2) is 0 Å². The largest absolute Gasteiger partial charge is 0.454 e. The van der Waals surface area contributed by atoms with Crippen LogP contribution in [-0.2, 0) is 4.74 Å². The van der Waals surface area contributed by atoms with Gasteiger partial charge in [-0.05, 0) is 0 Å². The van der Waals surface area contributed by atoms with Crippen LogP contribution in [0.3, 0.4) is 0 Å². The molecule has 9 heteroatoms. The third-order valence-corrected chi connectivity index (χ3v) is 0.928. The molecule has 80 valence electrons. The number of alkyl halides is 8. The van der Waals surface area contributed by atoms with Crippen molar-refractivity contribution in [1.29, 1.82) is 0 Å². The Bertz CT molecular complexity index is 164. The van der Waals surface area contributed by atoms with E-state index in [1.54, 1.807) is 0 Å². The normalized spacial score (nSPS) is 18.0. The summed E-state index contributed by atoms with van der Waals surface area (Å²) in [4.78, 5) is 0. The highest BCUT2D eigenvalue weighted by atomic mass is 19.4. The Labute approximate surface area is 66.3 Å². The van der Waals surface area contributed by atoms with Gasteiger partial charge in [0.05, 0.1) is 0 Å². The molecular formula is C4H2F8O. The van der Waals surface area contributed by atoms with Crippen molar-refractivity contribution < 1.29 is 39.9 Å². The lowest BCUT2D eigenvalue weighted by Crippen LogP contribution is -2.50. The van der Waals surface area contributed by atoms with Gasteiger partial charge in [0, 0.05) is 0 Å². The third kappa shape index (κ3) is 2.68. The van der Waals surface area contributed by atoms with Gasteiger partial charge in [-0.1, -0.05) is 0 Å². The van der Waals surface area contributed by atoms with E-state index in [4.69, 9.17) is 0 Å². The fraction of sp³-hybridized carbons (Fsp3) is 1.00. The average Bonchev–Trinajstić information content (AvgIpc) is 1.82. The van der Waals surface area contributed by atoms with Crippen molar-refractivity contribution in [3.05, 3.63) is 0 Å². The average molecular weight is 218 g/mol. The maximum Gasteiger partial charge on any atom is 0.454 e. The molecule has 0 aromatic rings. The van der Waals surface area contributed by atoms with E-state index in [9.17, 15) is 35.1 Å². The van der Waals surface area contributed by atoms with Crippen molar-refractivity contribution in [2.75, 3.05) is 0 Å². The molecule has 1 unspecified atom stereocenters. The molecule has 0 aliphatic carbocycles. The number of hydrogen-bond acceptors (Lipinski definition) is 1. The van der Waals surface area contributed by atoms with Gasteiger partial charge in [0.1, 0.15) is 0 Å². The highest BCUT2D eigenvalue weighted by Gasteiger charge is 2.66. The van der Waals surface area contributed by atoms with Crippen molar-refractivity contribution in [2.45, 2.75) is 25.1 Å². The zero-order chi connectivity index (χ0) is 10.9. The summed E-state index contributed by atoms with van der Waals surface area (Å²) >= 11 is 0. The minimum Gasteiger partial charge on any atom is -0.273 e. The summed E-state index contributed by atoms with van der Waals surface area (Å²) in [5.74, 6) is -5.62. The van der Waals surface area contributed by atoms with Crippen LogP contribution >= 0.6 is 0 Å². The van der Waals surface area contributed by atoms with Gasteiger partial charge < -0.3 is 0 Å². The van der Waals surface area contributed by atoms with Gasteiger partial charge >= 0.3 is 25.1 Å². The van der Waals surface area contributed by atoms with Gasteiger partial charge in [-0.15, -0.1) is 0 Å². The number of ether oxygens (including phenoxy) is 1. The minimum atomic E-state index is -6.21. The maximum atomic E-state index is 12.1. The first kappa shape index (κ1) is 12.4. The van der Waals surface area contributed by atoms with Gasteiger partial charge in [0.15, 0.2) is 0 Å². The van der Waals surface area contributed by atoms with Crippen LogP contribution in [0.5, 0.6) is 0 Å². The van der Waals surface area contributed by atoms with E-state index in [-0.39, 0.29) is 0 Å². The first-order chi connectivity index (χ1) is 5.61. The monoisotopic (exact) mass is 218 g/mol. The molecule has 0 heterocycles. The van der Waals surface area contributed by atoms with Crippen molar-refractivity contribution >= 4 is 0 Å². The molecule has 0 saturated carbocycles. The first-order valence-electron chi connectivity index (χ1n) is 2.61. The molecule has 0 aliphatic heterocycles. The molecule has 0 radical (unpaired) electrons. The van der Waals surface area contributed by atoms with E-state index in [0.717, 1.165) is 0 Å². The van der Waals surface area contributed by atoms with Crippen LogP contribution in [0.4, 0.5) is 35.1 Å². The van der Waals surface area contributed by atoms with Crippen LogP contribution in [0, 0.1) is 0 Å². The number of hydrogen-bond donors (Lipinski definition) is 0. The van der Waals surface area contributed by atoms with E-state index >= 15 is 0 Å². The van der Waals surface area contributed by atoms with Gasteiger partial charge in [0.2, 0.25) is 0 Å². The van der Waals surface area contributed by atoms with Crippen LogP contribution in [0.1, 0.15) is 0 Å². The second-order valence-electron chi connectivity index (χ2n) is 1.82. The lowest BCUT2D eigenvalue weighted by atomic mass is 10.3. The summed E-state index contributed by atoms with van der Waals surface area (Å²) in [5, 5.41) is 0. The van der Waals surface area contributed by atoms with E-state index in [1.165, 1.54) is 0 Å². The Morgan fingerprint density at radius 2 is 1.23 bits per heavy atom. The third-order valence-electron chi connectivity index (χ3n) is 0.928. The van der Waals surface area contributed by atoms with Crippen molar-refractivity contribution in [2.24, 2.45) is 0 Å². The quantitative estimate of drug-likeness (QED) is 0.661. The van der Waals surface area contributed by atoms with Gasteiger partial charge in [0.25, 0.3) is 0 Å². The van der Waals surface area contributed by atoms with Crippen LogP contribution in [0.2, 0.25) is 0 Å². The molecule has 0 aromatic carbocycles. The molecule has 0 N–H and O–H groups in total. The Morgan fingerprint density at radius 3 is 1.31 bits per heavy atom. The fourth-order valence-electron chi connectivity index (χ4n) is 0.372. The highest BCUT2D eigenvalue weighted by molar-refractivity contribution is 4.80. The molecule has 0 saturated heterocycles. The van der Waals surface area contributed by atoms with Gasteiger partial charge in [-0.3, -0.25) is 4.74 Å². The van der Waals surface area contributed by atoms with Crippen LogP contribution in [-0.4, -0.2) is 25.1 Å². The summed E-state index contributed by atoms with van der Waals surface area (Å²) < 4.78 is 93.5. The minimum absolute atomic E-state index is 2.19. The lowest BCUT2D eigenvalue weighted by Gasteiger charge is -2.25. The Kier molecular flexibility index (Phi) is 3.47. The first-order valence-corrected chi connectivity index (χ1v) is 2.61. The number of rotatable bonds is 3. The Morgan fingerprint density at radius 1 is 0.846 bits per heavy atom. The van der Waals surface area contributed by atoms with Gasteiger partial charge in [-0.25, -0.2) is 8.78 Å². The summed E-state index contributed by atoms with van der Waals surface area (Å²) in [5.41, 5.74) is 0. The molecule has 1 atom stereocenters. The molecule has 0 spiro atoms. The molecule has 0 fully saturated rings. The lowest BCUT2D eigenvalue weighted by molar-refractivity contribution is -0.405. The Hall–Kier alpha value is -0.600. The molecule has 0 aromatic heterocycles. The molecule has 13 heavy (non-hydrogen) atoms. The summed E-state index contributed by atoms with van der Waals surface area (Å²) in [6, 6.07) is 0. The van der Waals surface area contributed by atoms with Crippen LogP contribution in [0.25, 0.3) is 0 Å². The van der Waals surface area contributed by atoms with Crippen LogP contribution < -0.4 is 0 Å². The molecule has 1 nitrogen and oxygen atoms in total.